The lowest BCUT2D eigenvalue weighted by atomic mass is 10.1. The molecule has 4 rings (SSSR count). The van der Waals surface area contributed by atoms with Crippen molar-refractivity contribution in [3.05, 3.63) is 29.3 Å². The lowest BCUT2D eigenvalue weighted by Gasteiger charge is -2.29. The summed E-state index contributed by atoms with van der Waals surface area (Å²) in [6.45, 7) is 3.78. The molecule has 5 heteroatoms. The molecule has 2 saturated heterocycles. The number of rotatable bonds is 1. The van der Waals surface area contributed by atoms with Gasteiger partial charge in [-0.15, -0.1) is 0 Å². The van der Waals surface area contributed by atoms with Gasteiger partial charge in [0.05, 0.1) is 6.54 Å². The number of anilines is 1. The molecule has 1 unspecified atom stereocenters. The molecule has 1 atom stereocenters. The Morgan fingerprint density at radius 1 is 1.10 bits per heavy atom. The zero-order chi connectivity index (χ0) is 13.6. The predicted molar refractivity (Wildman–Crippen MR) is 80.3 cm³/mol. The average Bonchev–Trinajstić information content (AvgIpc) is 3.15. The van der Waals surface area contributed by atoms with Crippen molar-refractivity contribution < 1.29 is 4.74 Å². The Morgan fingerprint density at radius 3 is 2.45 bits per heavy atom. The largest absolute Gasteiger partial charge is 0.359 e. The van der Waals surface area contributed by atoms with Gasteiger partial charge in [0.1, 0.15) is 12.4 Å². The van der Waals surface area contributed by atoms with E-state index < -0.39 is 5.85 Å². The van der Waals surface area contributed by atoms with E-state index in [1.807, 2.05) is 24.3 Å². The van der Waals surface area contributed by atoms with E-state index in [0.29, 0.717) is 6.61 Å². The second kappa shape index (κ2) is 4.64. The minimum atomic E-state index is -0.430. The fourth-order valence-corrected chi connectivity index (χ4v) is 3.21. The molecule has 1 aromatic rings. The van der Waals surface area contributed by atoms with Gasteiger partial charge in [-0.1, -0.05) is 11.6 Å². The molecule has 1 aromatic carbocycles. The van der Waals surface area contributed by atoms with Crippen molar-refractivity contribution in [2.24, 2.45) is 4.99 Å². The normalized spacial score (nSPS) is 28.9. The molecule has 3 heterocycles. The fraction of sp³-hybridized carbons (Fsp3) is 0.533. The highest BCUT2D eigenvalue weighted by atomic mass is 35.5. The molecule has 0 radical (unpaired) electrons. The van der Waals surface area contributed by atoms with E-state index in [1.165, 1.54) is 25.1 Å². The zero-order valence-electron chi connectivity index (χ0n) is 11.4. The number of hydrogen-bond donors (Lipinski definition) is 0. The van der Waals surface area contributed by atoms with Crippen molar-refractivity contribution in [1.29, 1.82) is 0 Å². The van der Waals surface area contributed by atoms with Crippen molar-refractivity contribution >= 4 is 23.1 Å². The van der Waals surface area contributed by atoms with Gasteiger partial charge >= 0.3 is 0 Å². The van der Waals surface area contributed by atoms with Crippen molar-refractivity contribution in [2.45, 2.75) is 25.1 Å². The van der Waals surface area contributed by atoms with E-state index in [2.05, 4.69) is 9.80 Å². The Hall–Kier alpha value is -1.26. The van der Waals surface area contributed by atoms with Gasteiger partial charge in [0, 0.05) is 23.8 Å². The molecule has 4 nitrogen and oxygen atoms in total. The van der Waals surface area contributed by atoms with Gasteiger partial charge in [-0.25, -0.2) is 4.99 Å². The minimum Gasteiger partial charge on any atom is -0.359 e. The SMILES string of the molecule is Clc1ccc(N2CC(N3CCCCC3)=NC23CO3)cc1. The van der Waals surface area contributed by atoms with Crippen molar-refractivity contribution in [3.63, 3.8) is 0 Å². The average molecular weight is 292 g/mol. The Balaban J connectivity index is 1.57. The Bertz CT molecular complexity index is 533. The third-order valence-corrected chi connectivity index (χ3v) is 4.54. The molecule has 0 aromatic heterocycles. The van der Waals surface area contributed by atoms with Gasteiger partial charge in [0.15, 0.2) is 0 Å². The first-order valence-corrected chi connectivity index (χ1v) is 7.65. The number of halogens is 1. The molecular weight excluding hydrogens is 274 g/mol. The van der Waals surface area contributed by atoms with Crippen LogP contribution in [0.2, 0.25) is 5.02 Å². The van der Waals surface area contributed by atoms with E-state index in [1.54, 1.807) is 0 Å². The summed E-state index contributed by atoms with van der Waals surface area (Å²) in [6.07, 6.45) is 3.88. The molecule has 20 heavy (non-hydrogen) atoms. The summed E-state index contributed by atoms with van der Waals surface area (Å²) in [6, 6.07) is 7.93. The molecule has 106 valence electrons. The van der Waals surface area contributed by atoms with Crippen molar-refractivity contribution in [1.82, 2.24) is 4.90 Å². The number of ether oxygens (including phenoxy) is 1. The standard InChI is InChI=1S/C15H18ClN3O/c16-12-4-6-13(7-5-12)19-10-14(17-15(19)11-20-15)18-8-2-1-3-9-18/h4-7H,1-3,8-11H2. The smallest absolute Gasteiger partial charge is 0.266 e. The van der Waals surface area contributed by atoms with Crippen LogP contribution in [-0.2, 0) is 4.74 Å². The summed E-state index contributed by atoms with van der Waals surface area (Å²) >= 11 is 5.97. The lowest BCUT2D eigenvalue weighted by Crippen LogP contribution is -2.40. The third kappa shape index (κ3) is 2.07. The summed E-state index contributed by atoms with van der Waals surface area (Å²) < 4.78 is 5.65. The van der Waals surface area contributed by atoms with Crippen molar-refractivity contribution in [3.8, 4) is 0 Å². The summed E-state index contributed by atoms with van der Waals surface area (Å²) in [5.41, 5.74) is 1.13. The first-order chi connectivity index (χ1) is 9.77. The molecular formula is C15H18ClN3O. The van der Waals surface area contributed by atoms with E-state index >= 15 is 0 Å². The van der Waals surface area contributed by atoms with Crippen LogP contribution in [-0.4, -0.2) is 42.8 Å². The highest BCUT2D eigenvalue weighted by Crippen LogP contribution is 2.41. The highest BCUT2D eigenvalue weighted by Gasteiger charge is 2.55. The summed E-state index contributed by atoms with van der Waals surface area (Å²) in [5.74, 6) is 0.748. The van der Waals surface area contributed by atoms with Crippen LogP contribution in [0.1, 0.15) is 19.3 Å². The van der Waals surface area contributed by atoms with E-state index in [4.69, 9.17) is 21.3 Å². The second-order valence-corrected chi connectivity index (χ2v) is 6.11. The van der Waals surface area contributed by atoms with Crippen LogP contribution in [0.5, 0.6) is 0 Å². The van der Waals surface area contributed by atoms with Crippen molar-refractivity contribution in [2.75, 3.05) is 31.1 Å². The number of benzene rings is 1. The maximum atomic E-state index is 5.97. The summed E-state index contributed by atoms with van der Waals surface area (Å²) in [7, 11) is 0. The number of piperidine rings is 1. The molecule has 3 aliphatic heterocycles. The predicted octanol–water partition coefficient (Wildman–Crippen LogP) is 2.73. The Kier molecular flexibility index (Phi) is 2.89. The fourth-order valence-electron chi connectivity index (χ4n) is 3.08. The maximum absolute atomic E-state index is 5.97. The second-order valence-electron chi connectivity index (χ2n) is 5.67. The maximum Gasteiger partial charge on any atom is 0.266 e. The van der Waals surface area contributed by atoms with Gasteiger partial charge in [-0.05, 0) is 43.5 Å². The number of likely N-dealkylation sites (tertiary alicyclic amines) is 1. The van der Waals surface area contributed by atoms with Crippen LogP contribution in [0.4, 0.5) is 5.69 Å². The van der Waals surface area contributed by atoms with Crippen LogP contribution < -0.4 is 4.90 Å². The number of nitrogens with zero attached hydrogens (tertiary/aromatic N) is 3. The molecule has 3 aliphatic rings. The van der Waals surface area contributed by atoms with Crippen LogP contribution in [0.3, 0.4) is 0 Å². The lowest BCUT2D eigenvalue weighted by molar-refractivity contribution is 0.314. The quantitative estimate of drug-likeness (QED) is 0.746. The minimum absolute atomic E-state index is 0.430. The van der Waals surface area contributed by atoms with E-state index in [9.17, 15) is 0 Å². The van der Waals surface area contributed by atoms with Gasteiger partial charge < -0.3 is 14.5 Å². The van der Waals surface area contributed by atoms with E-state index in [-0.39, 0.29) is 0 Å². The van der Waals surface area contributed by atoms with Crippen LogP contribution in [0.25, 0.3) is 0 Å². The zero-order valence-corrected chi connectivity index (χ0v) is 12.1. The third-order valence-electron chi connectivity index (χ3n) is 4.29. The molecule has 0 amide bonds. The van der Waals surface area contributed by atoms with E-state index in [0.717, 1.165) is 30.3 Å². The first kappa shape index (κ1) is 12.5. The van der Waals surface area contributed by atoms with Crippen LogP contribution >= 0.6 is 11.6 Å². The molecule has 0 aliphatic carbocycles. The molecule has 0 N–H and O–H groups in total. The molecule has 0 bridgehead atoms. The molecule has 1 spiro atoms. The Morgan fingerprint density at radius 2 is 1.80 bits per heavy atom. The Labute approximate surface area is 124 Å². The molecule has 2 fully saturated rings. The summed E-state index contributed by atoms with van der Waals surface area (Å²) in [5, 5.41) is 0.760. The highest BCUT2D eigenvalue weighted by molar-refractivity contribution is 6.30. The topological polar surface area (TPSA) is 31.4 Å². The van der Waals surface area contributed by atoms with Crippen LogP contribution in [0, 0.1) is 0 Å². The van der Waals surface area contributed by atoms with Gasteiger partial charge in [0.2, 0.25) is 0 Å². The summed E-state index contributed by atoms with van der Waals surface area (Å²) in [4.78, 5) is 9.51. The van der Waals surface area contributed by atoms with Gasteiger partial charge in [0.25, 0.3) is 5.85 Å². The van der Waals surface area contributed by atoms with Crippen LogP contribution in [0.15, 0.2) is 29.3 Å². The monoisotopic (exact) mass is 291 g/mol. The number of amidine groups is 1. The number of epoxide rings is 1. The van der Waals surface area contributed by atoms with Gasteiger partial charge in [-0.2, -0.15) is 0 Å². The van der Waals surface area contributed by atoms with Gasteiger partial charge in [-0.3, -0.25) is 0 Å². The first-order valence-electron chi connectivity index (χ1n) is 7.28. The number of aliphatic imine (C=N–C) groups is 1. The number of hydrogen-bond acceptors (Lipinski definition) is 4. The molecule has 0 saturated carbocycles.